The lowest BCUT2D eigenvalue weighted by Crippen LogP contribution is -2.50. The Hall–Kier alpha value is -5.30. The summed E-state index contributed by atoms with van der Waals surface area (Å²) in [4.78, 5) is 41.8. The monoisotopic (exact) mass is 604 g/mol. The first kappa shape index (κ1) is 30.2. The Morgan fingerprint density at radius 2 is 1.61 bits per heavy atom. The van der Waals surface area contributed by atoms with E-state index in [0.29, 0.717) is 36.6 Å². The van der Waals surface area contributed by atoms with Gasteiger partial charge in [0, 0.05) is 56.2 Å². The van der Waals surface area contributed by atoms with Crippen molar-refractivity contribution in [3.63, 3.8) is 0 Å². The summed E-state index contributed by atoms with van der Waals surface area (Å²) in [6, 6.07) is 21.6. The number of carbonyl (C=O) groups is 3. The molecule has 1 aromatic heterocycles. The number of carbonyl (C=O) groups excluding carboxylic acids is 3. The van der Waals surface area contributed by atoms with Gasteiger partial charge in [0.25, 0.3) is 11.7 Å². The standard InChI is InChI=1S/C31H29FN4O8/c1-33-28(37)41-30(39)43-31(42-29(38)40-2)14-16-36(17-15-31)19-20-8-10-22(11-9-20)26-34-27(44-35-26)23-12-13-24(25(32)18-23)21-6-4-3-5-7-21/h3-13,18H,14-17,19H2,1-2H3,(H,33,37). The number of methoxy groups -OCH3 is 1. The first-order chi connectivity index (χ1) is 21.3. The average Bonchev–Trinajstić information content (AvgIpc) is 3.53. The van der Waals surface area contributed by atoms with Crippen molar-refractivity contribution in [2.24, 2.45) is 0 Å². The molecule has 1 fully saturated rings. The Kier molecular flexibility index (Phi) is 9.15. The van der Waals surface area contributed by atoms with E-state index in [0.717, 1.165) is 23.8 Å². The van der Waals surface area contributed by atoms with E-state index in [1.807, 2.05) is 54.6 Å². The smallest absolute Gasteiger partial charge is 0.438 e. The number of piperidine rings is 1. The van der Waals surface area contributed by atoms with Gasteiger partial charge < -0.3 is 28.8 Å². The molecular formula is C31H29FN4O8. The summed E-state index contributed by atoms with van der Waals surface area (Å²) in [7, 11) is 2.42. The molecule has 4 aromatic rings. The largest absolute Gasteiger partial charge is 0.520 e. The molecule has 228 valence electrons. The van der Waals surface area contributed by atoms with Crippen molar-refractivity contribution in [1.82, 2.24) is 20.4 Å². The molecule has 1 N–H and O–H groups in total. The van der Waals surface area contributed by atoms with E-state index in [2.05, 4.69) is 29.8 Å². The number of benzene rings is 3. The zero-order valence-corrected chi connectivity index (χ0v) is 23.9. The van der Waals surface area contributed by atoms with Crippen molar-refractivity contribution in [3.8, 4) is 34.0 Å². The summed E-state index contributed by atoms with van der Waals surface area (Å²) in [5, 5.41) is 6.20. The lowest BCUT2D eigenvalue weighted by atomic mass is 10.0. The summed E-state index contributed by atoms with van der Waals surface area (Å²) in [5.74, 6) is -1.46. The van der Waals surface area contributed by atoms with Crippen LogP contribution < -0.4 is 5.32 Å². The molecule has 44 heavy (non-hydrogen) atoms. The van der Waals surface area contributed by atoms with Gasteiger partial charge in [0.2, 0.25) is 5.82 Å². The fraction of sp³-hybridized carbons (Fsp3) is 0.258. The third-order valence-electron chi connectivity index (χ3n) is 7.05. The molecule has 12 nitrogen and oxygen atoms in total. The Morgan fingerprint density at radius 1 is 0.932 bits per heavy atom. The van der Waals surface area contributed by atoms with E-state index >= 15 is 0 Å². The number of hydrogen-bond acceptors (Lipinski definition) is 11. The van der Waals surface area contributed by atoms with Crippen LogP contribution in [0.4, 0.5) is 18.8 Å². The van der Waals surface area contributed by atoms with Gasteiger partial charge in [-0.05, 0) is 23.3 Å². The van der Waals surface area contributed by atoms with Crippen LogP contribution >= 0.6 is 0 Å². The molecule has 0 saturated carbocycles. The van der Waals surface area contributed by atoms with Crippen LogP contribution in [0.1, 0.15) is 18.4 Å². The van der Waals surface area contributed by atoms with Crippen LogP contribution in [0.15, 0.2) is 77.3 Å². The zero-order valence-electron chi connectivity index (χ0n) is 23.9. The Bertz CT molecular complexity index is 1620. The number of alkyl carbamates (subject to hydrolysis) is 1. The van der Waals surface area contributed by atoms with Gasteiger partial charge in [-0.15, -0.1) is 0 Å². The van der Waals surface area contributed by atoms with Crippen molar-refractivity contribution in [2.75, 3.05) is 27.2 Å². The molecule has 13 heteroatoms. The second-order valence-corrected chi connectivity index (χ2v) is 9.92. The molecule has 1 aliphatic heterocycles. The lowest BCUT2D eigenvalue weighted by Gasteiger charge is -2.39. The Morgan fingerprint density at radius 3 is 2.27 bits per heavy atom. The highest BCUT2D eigenvalue weighted by atomic mass is 19.1. The number of nitrogens with one attached hydrogen (secondary N) is 1. The third-order valence-corrected chi connectivity index (χ3v) is 7.05. The van der Waals surface area contributed by atoms with Crippen LogP contribution in [0, 0.1) is 5.82 Å². The molecule has 1 aliphatic rings. The maximum absolute atomic E-state index is 14.9. The highest BCUT2D eigenvalue weighted by molar-refractivity contribution is 5.80. The summed E-state index contributed by atoms with van der Waals surface area (Å²) >= 11 is 0. The van der Waals surface area contributed by atoms with Gasteiger partial charge in [-0.1, -0.05) is 65.8 Å². The highest BCUT2D eigenvalue weighted by Crippen LogP contribution is 2.31. The van der Waals surface area contributed by atoms with Crippen LogP contribution in [-0.2, 0) is 25.5 Å². The van der Waals surface area contributed by atoms with Crippen molar-refractivity contribution in [2.45, 2.75) is 25.2 Å². The Labute approximate surface area is 251 Å². The first-order valence-corrected chi connectivity index (χ1v) is 13.7. The van der Waals surface area contributed by atoms with Crippen molar-refractivity contribution in [3.05, 3.63) is 84.2 Å². The first-order valence-electron chi connectivity index (χ1n) is 13.7. The maximum atomic E-state index is 14.9. The van der Waals surface area contributed by atoms with Gasteiger partial charge >= 0.3 is 18.4 Å². The van der Waals surface area contributed by atoms with Gasteiger partial charge in [-0.3, -0.25) is 4.90 Å². The normalized spacial score (nSPS) is 14.3. The number of aromatic nitrogens is 2. The van der Waals surface area contributed by atoms with Gasteiger partial charge in [0.05, 0.1) is 7.11 Å². The lowest BCUT2D eigenvalue weighted by molar-refractivity contribution is -0.207. The third kappa shape index (κ3) is 7.18. The van der Waals surface area contributed by atoms with Crippen LogP contribution in [0.3, 0.4) is 0 Å². The second-order valence-electron chi connectivity index (χ2n) is 9.92. The Balaban J connectivity index is 1.20. The molecule has 3 aromatic carbocycles. The summed E-state index contributed by atoms with van der Waals surface area (Å²) in [6.07, 6.45) is -3.08. The molecule has 0 bridgehead atoms. The van der Waals surface area contributed by atoms with E-state index in [1.54, 1.807) is 12.1 Å². The molecule has 2 heterocycles. The molecular weight excluding hydrogens is 575 g/mol. The highest BCUT2D eigenvalue weighted by Gasteiger charge is 2.43. The number of hydrogen-bond donors (Lipinski definition) is 1. The van der Waals surface area contributed by atoms with E-state index in [1.165, 1.54) is 13.1 Å². The summed E-state index contributed by atoms with van der Waals surface area (Å²) in [6.45, 7) is 1.36. The summed E-state index contributed by atoms with van der Waals surface area (Å²) in [5.41, 5.74) is 3.43. The van der Waals surface area contributed by atoms with Crippen molar-refractivity contribution < 1.29 is 42.2 Å². The van der Waals surface area contributed by atoms with Crippen LogP contribution in [0.2, 0.25) is 0 Å². The van der Waals surface area contributed by atoms with Crippen LogP contribution in [0.5, 0.6) is 0 Å². The van der Waals surface area contributed by atoms with Crippen LogP contribution in [-0.4, -0.2) is 66.5 Å². The molecule has 0 aliphatic carbocycles. The van der Waals surface area contributed by atoms with Gasteiger partial charge in [-0.2, -0.15) is 4.98 Å². The minimum atomic E-state index is -1.64. The maximum Gasteiger partial charge on any atom is 0.520 e. The number of amides is 1. The second kappa shape index (κ2) is 13.3. The van der Waals surface area contributed by atoms with Crippen LogP contribution in [0.25, 0.3) is 34.0 Å². The molecule has 0 radical (unpaired) electrons. The van der Waals surface area contributed by atoms with Gasteiger partial charge in [-0.25, -0.2) is 18.8 Å². The summed E-state index contributed by atoms with van der Waals surface area (Å²) < 4.78 is 39.8. The molecule has 1 amide bonds. The quantitative estimate of drug-likeness (QED) is 0.156. The van der Waals surface area contributed by atoms with E-state index in [-0.39, 0.29) is 24.5 Å². The molecule has 0 unspecified atom stereocenters. The minimum absolute atomic E-state index is 0.127. The number of likely N-dealkylation sites (tertiary alicyclic amines) is 1. The van der Waals surface area contributed by atoms with E-state index in [9.17, 15) is 18.8 Å². The number of nitrogens with zero attached hydrogens (tertiary/aromatic N) is 3. The topological polar surface area (TPSA) is 142 Å². The number of ether oxygens (including phenoxy) is 4. The zero-order chi connectivity index (χ0) is 31.1. The van der Waals surface area contributed by atoms with Crippen molar-refractivity contribution >= 4 is 18.4 Å². The van der Waals surface area contributed by atoms with Gasteiger partial charge in [0.1, 0.15) is 5.82 Å². The number of halogens is 1. The van der Waals surface area contributed by atoms with Crippen molar-refractivity contribution in [1.29, 1.82) is 0 Å². The fourth-order valence-electron chi connectivity index (χ4n) is 4.75. The van der Waals surface area contributed by atoms with E-state index in [4.69, 9.17) is 14.0 Å². The predicted octanol–water partition coefficient (Wildman–Crippen LogP) is 5.78. The van der Waals surface area contributed by atoms with E-state index < -0.39 is 24.2 Å². The predicted molar refractivity (Wildman–Crippen MR) is 153 cm³/mol. The number of rotatable bonds is 7. The molecule has 1 saturated heterocycles. The molecule has 5 rings (SSSR count). The average molecular weight is 605 g/mol. The molecule has 0 atom stereocenters. The minimum Gasteiger partial charge on any atom is -0.438 e. The molecule has 0 spiro atoms. The fourth-order valence-corrected chi connectivity index (χ4v) is 4.75. The SMILES string of the molecule is CNC(=O)OC(=O)OC1(OC(=O)OC)CCN(Cc2ccc(-c3noc(-c4ccc(-c5ccccc5)c(F)c4)n3)cc2)CC1. The van der Waals surface area contributed by atoms with Gasteiger partial charge in [0.15, 0.2) is 0 Å².